The molecule has 2 N–H and O–H groups in total. The van der Waals surface area contributed by atoms with Gasteiger partial charge in [0.05, 0.1) is 24.9 Å². The minimum absolute atomic E-state index is 0.0765. The van der Waals surface area contributed by atoms with Crippen LogP contribution < -0.4 is 10.5 Å². The molecule has 0 amide bonds. The van der Waals surface area contributed by atoms with Crippen LogP contribution in [0.5, 0.6) is 5.88 Å². The second kappa shape index (κ2) is 4.20. The number of hydrogen-bond acceptors (Lipinski definition) is 4. The van der Waals surface area contributed by atoms with Gasteiger partial charge in [-0.05, 0) is 0 Å². The molecule has 0 aliphatic rings. The van der Waals surface area contributed by atoms with Crippen molar-refractivity contribution in [2.24, 2.45) is 5.73 Å². The number of nitrogens with zero attached hydrogens (tertiary/aromatic N) is 1. The van der Waals surface area contributed by atoms with Gasteiger partial charge in [-0.2, -0.15) is 0 Å². The summed E-state index contributed by atoms with van der Waals surface area (Å²) in [5, 5.41) is 0.288. The molecule has 0 bridgehead atoms. The first-order valence-corrected chi connectivity index (χ1v) is 3.99. The number of halogens is 1. The van der Waals surface area contributed by atoms with Gasteiger partial charge in [-0.3, -0.25) is 4.79 Å². The Morgan fingerprint density at radius 1 is 1.77 bits per heavy atom. The quantitative estimate of drug-likeness (QED) is 0.736. The highest BCUT2D eigenvalue weighted by atomic mass is 35.5. The number of rotatable bonds is 3. The van der Waals surface area contributed by atoms with Gasteiger partial charge >= 0.3 is 0 Å². The number of methoxy groups -OCH3 is 1. The Morgan fingerprint density at radius 2 is 2.46 bits per heavy atom. The predicted octanol–water partition coefficient (Wildman–Crippen LogP) is 0.885. The van der Waals surface area contributed by atoms with E-state index in [2.05, 4.69) is 4.98 Å². The van der Waals surface area contributed by atoms with Crippen LogP contribution in [-0.2, 0) is 0 Å². The zero-order valence-corrected chi connectivity index (χ0v) is 7.84. The zero-order valence-electron chi connectivity index (χ0n) is 7.08. The van der Waals surface area contributed by atoms with Gasteiger partial charge < -0.3 is 10.5 Å². The lowest BCUT2D eigenvalue weighted by Crippen LogP contribution is -2.14. The van der Waals surface area contributed by atoms with Crippen LogP contribution in [0.2, 0.25) is 5.02 Å². The molecular weight excluding hydrogens is 192 g/mol. The number of pyridine rings is 1. The molecule has 0 aromatic carbocycles. The van der Waals surface area contributed by atoms with Crippen molar-refractivity contribution in [2.75, 3.05) is 13.7 Å². The summed E-state index contributed by atoms with van der Waals surface area (Å²) in [6.45, 7) is -0.0765. The van der Waals surface area contributed by atoms with E-state index in [0.717, 1.165) is 0 Å². The Balaban J connectivity index is 3.11. The van der Waals surface area contributed by atoms with Crippen molar-refractivity contribution in [1.29, 1.82) is 0 Å². The lowest BCUT2D eigenvalue weighted by molar-refractivity contribution is 0.100. The molecule has 0 aliphatic heterocycles. The second-order valence-electron chi connectivity index (χ2n) is 2.33. The minimum atomic E-state index is -0.231. The van der Waals surface area contributed by atoms with E-state index in [0.29, 0.717) is 11.4 Å². The molecule has 0 unspecified atom stereocenters. The van der Waals surface area contributed by atoms with Crippen LogP contribution in [0.1, 0.15) is 10.4 Å². The van der Waals surface area contributed by atoms with Gasteiger partial charge in [-0.15, -0.1) is 0 Å². The van der Waals surface area contributed by atoms with Gasteiger partial charge in [-0.25, -0.2) is 4.98 Å². The third kappa shape index (κ3) is 2.17. The first kappa shape index (κ1) is 9.95. The summed E-state index contributed by atoms with van der Waals surface area (Å²) in [6.07, 6.45) is 1.36. The molecule has 70 valence electrons. The van der Waals surface area contributed by atoms with Crippen molar-refractivity contribution < 1.29 is 9.53 Å². The van der Waals surface area contributed by atoms with Gasteiger partial charge in [0, 0.05) is 11.6 Å². The van der Waals surface area contributed by atoms with E-state index < -0.39 is 0 Å². The summed E-state index contributed by atoms with van der Waals surface area (Å²) in [6, 6.07) is 1.47. The number of aromatic nitrogens is 1. The molecule has 1 rings (SSSR count). The van der Waals surface area contributed by atoms with E-state index in [1.165, 1.54) is 19.4 Å². The van der Waals surface area contributed by atoms with Crippen molar-refractivity contribution in [3.05, 3.63) is 22.8 Å². The maximum Gasteiger partial charge on any atom is 0.213 e. The van der Waals surface area contributed by atoms with Gasteiger partial charge in [0.25, 0.3) is 0 Å². The van der Waals surface area contributed by atoms with Crippen molar-refractivity contribution in [3.8, 4) is 5.88 Å². The second-order valence-corrected chi connectivity index (χ2v) is 2.74. The fourth-order valence-corrected chi connectivity index (χ4v) is 1.06. The van der Waals surface area contributed by atoms with Crippen LogP contribution >= 0.6 is 11.6 Å². The number of ether oxygens (including phenoxy) is 1. The smallest absolute Gasteiger partial charge is 0.213 e. The molecule has 0 saturated heterocycles. The van der Waals surface area contributed by atoms with Gasteiger partial charge in [0.1, 0.15) is 0 Å². The van der Waals surface area contributed by atoms with Crippen molar-refractivity contribution in [2.45, 2.75) is 0 Å². The summed E-state index contributed by atoms with van der Waals surface area (Å²) < 4.78 is 4.84. The van der Waals surface area contributed by atoms with Crippen molar-refractivity contribution in [1.82, 2.24) is 4.98 Å². The molecule has 4 nitrogen and oxygen atoms in total. The van der Waals surface area contributed by atoms with E-state index in [9.17, 15) is 4.79 Å². The van der Waals surface area contributed by atoms with E-state index in [1.54, 1.807) is 0 Å². The van der Waals surface area contributed by atoms with E-state index in [-0.39, 0.29) is 17.4 Å². The predicted molar refractivity (Wildman–Crippen MR) is 49.2 cm³/mol. The number of carbonyl (C=O) groups excluding carboxylic acids is 1. The first-order chi connectivity index (χ1) is 6.19. The van der Waals surface area contributed by atoms with Crippen LogP contribution in [0.15, 0.2) is 12.3 Å². The maximum absolute atomic E-state index is 11.2. The molecule has 1 aromatic heterocycles. The molecule has 0 spiro atoms. The van der Waals surface area contributed by atoms with Crippen LogP contribution in [-0.4, -0.2) is 24.4 Å². The molecule has 0 radical (unpaired) electrons. The zero-order chi connectivity index (χ0) is 9.84. The Labute approximate surface area is 80.7 Å². The SMILES string of the molecule is COc1cc(C(=O)CN)c(Cl)cn1. The highest BCUT2D eigenvalue weighted by Gasteiger charge is 2.10. The third-order valence-electron chi connectivity index (χ3n) is 1.53. The normalized spacial score (nSPS) is 9.77. The molecular formula is C8H9ClN2O2. The molecule has 5 heteroatoms. The van der Waals surface area contributed by atoms with Crippen LogP contribution in [0.25, 0.3) is 0 Å². The van der Waals surface area contributed by atoms with Crippen LogP contribution in [0.3, 0.4) is 0 Å². The molecule has 13 heavy (non-hydrogen) atoms. The molecule has 0 aliphatic carbocycles. The summed E-state index contributed by atoms with van der Waals surface area (Å²) in [5.74, 6) is 0.118. The van der Waals surface area contributed by atoms with Gasteiger partial charge in [0.15, 0.2) is 5.78 Å². The molecule has 1 heterocycles. The summed E-state index contributed by atoms with van der Waals surface area (Å²) in [5.41, 5.74) is 5.54. The molecule has 0 fully saturated rings. The highest BCUT2D eigenvalue weighted by Crippen LogP contribution is 2.19. The first-order valence-electron chi connectivity index (χ1n) is 3.62. The average molecular weight is 201 g/mol. The van der Waals surface area contributed by atoms with Gasteiger partial charge in [-0.1, -0.05) is 11.6 Å². The number of hydrogen-bond donors (Lipinski definition) is 1. The molecule has 1 aromatic rings. The summed E-state index contributed by atoms with van der Waals surface area (Å²) >= 11 is 5.73. The number of Topliss-reactive ketones (excluding diaryl/α,β-unsaturated/α-hetero) is 1. The van der Waals surface area contributed by atoms with Crippen LogP contribution in [0.4, 0.5) is 0 Å². The Morgan fingerprint density at radius 3 is 3.00 bits per heavy atom. The third-order valence-corrected chi connectivity index (χ3v) is 1.83. The summed E-state index contributed by atoms with van der Waals surface area (Å²) in [4.78, 5) is 15.0. The van der Waals surface area contributed by atoms with E-state index in [1.807, 2.05) is 0 Å². The fourth-order valence-electron chi connectivity index (χ4n) is 0.855. The number of nitrogens with two attached hydrogens (primary N) is 1. The highest BCUT2D eigenvalue weighted by molar-refractivity contribution is 6.33. The molecule has 0 saturated carbocycles. The number of ketones is 1. The fraction of sp³-hybridized carbons (Fsp3) is 0.250. The lowest BCUT2D eigenvalue weighted by Gasteiger charge is -2.03. The standard InChI is InChI=1S/C8H9ClN2O2/c1-13-8-2-5(7(12)3-10)6(9)4-11-8/h2,4H,3,10H2,1H3. The monoisotopic (exact) mass is 200 g/mol. The Bertz CT molecular complexity index is 328. The molecule has 0 atom stereocenters. The Hall–Kier alpha value is -1.13. The Kier molecular flexibility index (Phi) is 3.22. The average Bonchev–Trinajstić information content (AvgIpc) is 2.17. The number of carbonyl (C=O) groups is 1. The van der Waals surface area contributed by atoms with E-state index in [4.69, 9.17) is 22.1 Å². The van der Waals surface area contributed by atoms with Crippen LogP contribution in [0, 0.1) is 0 Å². The summed E-state index contributed by atoms with van der Waals surface area (Å²) in [7, 11) is 1.47. The maximum atomic E-state index is 11.2. The van der Waals surface area contributed by atoms with Crippen molar-refractivity contribution in [3.63, 3.8) is 0 Å². The topological polar surface area (TPSA) is 65.2 Å². The van der Waals surface area contributed by atoms with E-state index >= 15 is 0 Å². The largest absolute Gasteiger partial charge is 0.481 e. The lowest BCUT2D eigenvalue weighted by atomic mass is 10.2. The minimum Gasteiger partial charge on any atom is -0.481 e. The van der Waals surface area contributed by atoms with Crippen molar-refractivity contribution >= 4 is 17.4 Å². The van der Waals surface area contributed by atoms with Gasteiger partial charge in [0.2, 0.25) is 5.88 Å².